The average molecular weight is 801 g/mol. The summed E-state index contributed by atoms with van der Waals surface area (Å²) in [4.78, 5) is 40.7. The fourth-order valence-electron chi connectivity index (χ4n) is 7.10. The van der Waals surface area contributed by atoms with Gasteiger partial charge in [0.05, 0.1) is 10.8 Å². The second-order valence-electron chi connectivity index (χ2n) is 12.8. The highest BCUT2D eigenvalue weighted by Crippen LogP contribution is 2.33. The molecule has 2 aliphatic heterocycles. The molecule has 0 radical (unpaired) electrons. The maximum atomic E-state index is 13.7. The van der Waals surface area contributed by atoms with Crippen LogP contribution in [0.4, 0.5) is 23.0 Å². The van der Waals surface area contributed by atoms with Gasteiger partial charge in [-0.2, -0.15) is 10.2 Å². The Bertz CT molecular complexity index is 1980. The van der Waals surface area contributed by atoms with Crippen LogP contribution in [0, 0.1) is 0 Å². The number of ketones is 1. The normalized spacial score (nSPS) is 16.7. The first kappa shape index (κ1) is 32.6. The van der Waals surface area contributed by atoms with E-state index < -0.39 is 0 Å². The van der Waals surface area contributed by atoms with Gasteiger partial charge in [-0.15, -0.1) is 0 Å². The largest absolute Gasteiger partial charge is 0.368 e. The smallest absolute Gasteiger partial charge is 0.187 e. The summed E-state index contributed by atoms with van der Waals surface area (Å²) >= 11 is 7.09. The van der Waals surface area contributed by atoms with Crippen molar-refractivity contribution >= 4 is 82.7 Å². The van der Waals surface area contributed by atoms with Gasteiger partial charge >= 0.3 is 0 Å². The highest BCUT2D eigenvalue weighted by molar-refractivity contribution is 9.10. The molecule has 15 heteroatoms. The number of nitrogens with one attached hydrogen (secondary N) is 2. The number of hydrogen-bond acceptors (Lipinski definition) is 11. The number of rotatable bonds is 8. The molecule has 2 aromatic carbocycles. The van der Waals surface area contributed by atoms with Crippen molar-refractivity contribution in [1.82, 2.24) is 40.3 Å². The predicted molar refractivity (Wildman–Crippen MR) is 202 cm³/mol. The summed E-state index contributed by atoms with van der Waals surface area (Å²) in [7, 11) is 0. The van der Waals surface area contributed by atoms with E-state index >= 15 is 0 Å². The number of aromatic amines is 2. The fraction of sp³-hybridized carbons (Fsp3) is 0.343. The van der Waals surface area contributed by atoms with Crippen LogP contribution in [-0.4, -0.2) is 98.5 Å². The number of H-pyrrole nitrogens is 2. The van der Waals surface area contributed by atoms with Gasteiger partial charge in [0.25, 0.3) is 0 Å². The minimum Gasteiger partial charge on any atom is -0.368 e. The molecule has 0 bridgehead atoms. The molecule has 0 aliphatic carbocycles. The molecule has 2 N–H and O–H groups in total. The Morgan fingerprint density at radius 2 is 0.940 bits per heavy atom. The highest BCUT2D eigenvalue weighted by Gasteiger charge is 2.26. The molecule has 4 aromatic heterocycles. The third-order valence-electron chi connectivity index (χ3n) is 10.1. The Morgan fingerprint density at radius 1 is 0.580 bits per heavy atom. The molecule has 6 aromatic rings. The van der Waals surface area contributed by atoms with Gasteiger partial charge in [-0.05, 0) is 67.3 Å². The number of Topliss-reactive ketones (excluding diaryl/α,β-unsaturated/α-hetero) is 1. The van der Waals surface area contributed by atoms with Crippen LogP contribution in [0.2, 0.25) is 0 Å². The van der Waals surface area contributed by atoms with Crippen molar-refractivity contribution in [2.75, 3.05) is 72.0 Å². The zero-order chi connectivity index (χ0) is 34.4. The van der Waals surface area contributed by atoms with Gasteiger partial charge in [0.15, 0.2) is 11.3 Å². The summed E-state index contributed by atoms with van der Waals surface area (Å²) in [5, 5.41) is 16.2. The Balaban J connectivity index is 0.858. The number of benzene rings is 2. The SMILES string of the molecule is CC(C(=O)C(C)c1ccc(N2CCN(c3ncnc4n[nH]c(Br)c34)CC2)cc1)c1ccc(N2CCN(c3ncnc4n[nH]c(Br)c34)CC2)cc1. The molecule has 0 spiro atoms. The molecular formula is C35H36Br2N12O. The van der Waals surface area contributed by atoms with Crippen molar-refractivity contribution < 1.29 is 4.79 Å². The van der Waals surface area contributed by atoms with Gasteiger partial charge in [-0.1, -0.05) is 38.1 Å². The van der Waals surface area contributed by atoms with Gasteiger partial charge in [0.2, 0.25) is 0 Å². The molecule has 2 atom stereocenters. The van der Waals surface area contributed by atoms with Crippen molar-refractivity contribution in [1.29, 1.82) is 0 Å². The molecule has 13 nitrogen and oxygen atoms in total. The summed E-state index contributed by atoms with van der Waals surface area (Å²) < 4.78 is 1.60. The predicted octanol–water partition coefficient (Wildman–Crippen LogP) is 5.67. The number of halogens is 2. The Labute approximate surface area is 305 Å². The van der Waals surface area contributed by atoms with Crippen LogP contribution in [0.1, 0.15) is 36.8 Å². The van der Waals surface area contributed by atoms with Crippen LogP contribution >= 0.6 is 31.9 Å². The van der Waals surface area contributed by atoms with Gasteiger partial charge in [0.1, 0.15) is 39.3 Å². The summed E-state index contributed by atoms with van der Waals surface area (Å²) in [6.07, 6.45) is 3.14. The average Bonchev–Trinajstić information content (AvgIpc) is 3.76. The fourth-order valence-corrected chi connectivity index (χ4v) is 7.98. The standard InChI is InChI=1S/C35H36Br2N12O/c1-21(23-3-7-25(8-4-23)46-11-15-48(16-12-46)34-27-30(36)42-44-32(27)38-19-40-34)29(50)22(2)24-5-9-26(10-6-24)47-13-17-49(18-14-47)35-28-31(37)43-45-33(28)39-20-41-35/h3-10,19-22H,11-18H2,1-2H3,(H,38,40,42,44)(H,39,41,43,45). The van der Waals surface area contributed by atoms with E-state index in [1.807, 2.05) is 13.8 Å². The monoisotopic (exact) mass is 798 g/mol. The van der Waals surface area contributed by atoms with E-state index in [-0.39, 0.29) is 17.6 Å². The second kappa shape index (κ2) is 13.6. The lowest BCUT2D eigenvalue weighted by Gasteiger charge is -2.37. The van der Waals surface area contributed by atoms with E-state index in [4.69, 9.17) is 0 Å². The van der Waals surface area contributed by atoms with E-state index in [9.17, 15) is 4.79 Å². The van der Waals surface area contributed by atoms with Crippen LogP contribution in [0.5, 0.6) is 0 Å². The number of fused-ring (bicyclic) bond motifs is 2. The van der Waals surface area contributed by atoms with Crippen molar-refractivity contribution in [3.8, 4) is 0 Å². The summed E-state index contributed by atoms with van der Waals surface area (Å²) in [6, 6.07) is 17.0. The van der Waals surface area contributed by atoms with Crippen LogP contribution in [0.15, 0.2) is 70.4 Å². The molecule has 2 unspecified atom stereocenters. The first-order valence-electron chi connectivity index (χ1n) is 16.8. The number of piperazine rings is 2. The Kier molecular flexibility index (Phi) is 8.85. The van der Waals surface area contributed by atoms with Crippen LogP contribution < -0.4 is 19.6 Å². The van der Waals surface area contributed by atoms with Gasteiger partial charge in [0, 0.05) is 75.6 Å². The van der Waals surface area contributed by atoms with Gasteiger partial charge < -0.3 is 19.6 Å². The number of nitrogens with zero attached hydrogens (tertiary/aromatic N) is 10. The molecule has 2 saturated heterocycles. The minimum absolute atomic E-state index is 0.208. The highest BCUT2D eigenvalue weighted by atomic mass is 79.9. The maximum absolute atomic E-state index is 13.7. The topological polar surface area (TPSA) is 139 Å². The number of carbonyl (C=O) groups is 1. The van der Waals surface area contributed by atoms with Gasteiger partial charge in [-0.25, -0.2) is 19.9 Å². The van der Waals surface area contributed by atoms with Crippen molar-refractivity contribution in [2.45, 2.75) is 25.7 Å². The van der Waals surface area contributed by atoms with E-state index in [1.54, 1.807) is 12.7 Å². The molecule has 2 aliphatic rings. The minimum atomic E-state index is -0.208. The summed E-state index contributed by atoms with van der Waals surface area (Å²) in [6.45, 7) is 10.9. The number of aromatic nitrogens is 8. The molecule has 0 amide bonds. The lowest BCUT2D eigenvalue weighted by atomic mass is 9.85. The molecule has 8 rings (SSSR count). The zero-order valence-corrected chi connectivity index (χ0v) is 30.9. The molecule has 256 valence electrons. The third kappa shape index (κ3) is 6.06. The second-order valence-corrected chi connectivity index (χ2v) is 14.4. The molecule has 50 heavy (non-hydrogen) atoms. The van der Waals surface area contributed by atoms with E-state index in [0.29, 0.717) is 11.3 Å². The van der Waals surface area contributed by atoms with Crippen LogP contribution in [-0.2, 0) is 4.79 Å². The quantitative estimate of drug-likeness (QED) is 0.197. The van der Waals surface area contributed by atoms with Crippen molar-refractivity contribution in [2.24, 2.45) is 0 Å². The van der Waals surface area contributed by atoms with E-state index in [0.717, 1.165) is 106 Å². The van der Waals surface area contributed by atoms with Crippen molar-refractivity contribution in [3.05, 3.63) is 81.5 Å². The summed E-state index contributed by atoms with van der Waals surface area (Å²) in [5.74, 6) is 1.59. The molecule has 2 fully saturated rings. The first-order valence-corrected chi connectivity index (χ1v) is 18.4. The molecule has 0 saturated carbocycles. The summed E-state index contributed by atoms with van der Waals surface area (Å²) in [5.41, 5.74) is 5.71. The van der Waals surface area contributed by atoms with E-state index in [1.165, 1.54) is 0 Å². The Morgan fingerprint density at radius 3 is 1.32 bits per heavy atom. The Hall–Kier alpha value is -4.63. The molecule has 6 heterocycles. The zero-order valence-electron chi connectivity index (χ0n) is 27.7. The van der Waals surface area contributed by atoms with Crippen LogP contribution in [0.25, 0.3) is 22.1 Å². The number of anilines is 4. The number of carbonyl (C=O) groups excluding carboxylic acids is 1. The third-order valence-corrected chi connectivity index (χ3v) is 11.2. The number of hydrogen-bond donors (Lipinski definition) is 2. The van der Waals surface area contributed by atoms with Crippen molar-refractivity contribution in [3.63, 3.8) is 0 Å². The lowest BCUT2D eigenvalue weighted by Crippen LogP contribution is -2.47. The van der Waals surface area contributed by atoms with Gasteiger partial charge in [-0.3, -0.25) is 15.0 Å². The van der Waals surface area contributed by atoms with E-state index in [2.05, 4.69) is 140 Å². The molecular weight excluding hydrogens is 764 g/mol. The van der Waals surface area contributed by atoms with Crippen LogP contribution in [0.3, 0.4) is 0 Å². The maximum Gasteiger partial charge on any atom is 0.187 e. The first-order chi connectivity index (χ1) is 24.4. The lowest BCUT2D eigenvalue weighted by molar-refractivity contribution is -0.121.